The normalized spacial score (nSPS) is 13.5. The molecular formula is C29H36N4O10. The first kappa shape index (κ1) is 34.1. The van der Waals surface area contributed by atoms with Gasteiger partial charge in [-0.2, -0.15) is 0 Å². The van der Waals surface area contributed by atoms with Crippen molar-refractivity contribution in [2.75, 3.05) is 0 Å². The van der Waals surface area contributed by atoms with E-state index in [1.807, 2.05) is 6.07 Å². The Labute approximate surface area is 247 Å². The zero-order valence-corrected chi connectivity index (χ0v) is 23.9. The number of benzene rings is 2. The minimum Gasteiger partial charge on any atom is -0.508 e. The number of carbonyl (C=O) groups is 6. The van der Waals surface area contributed by atoms with Crippen molar-refractivity contribution in [1.29, 1.82) is 0 Å². The van der Waals surface area contributed by atoms with E-state index in [1.165, 1.54) is 19.1 Å². The number of aliphatic carboxylic acids is 2. The monoisotopic (exact) mass is 600 g/mol. The molecule has 7 N–H and O–H groups in total. The van der Waals surface area contributed by atoms with Gasteiger partial charge in [0.2, 0.25) is 17.7 Å². The van der Waals surface area contributed by atoms with Gasteiger partial charge in [-0.25, -0.2) is 9.59 Å². The van der Waals surface area contributed by atoms with E-state index in [0.29, 0.717) is 5.56 Å². The molecule has 0 aromatic heterocycles. The number of carbonyl (C=O) groups excluding carboxylic acids is 4. The standard InChI is InChI=1S/C29H36N4O10/c1-16(2)24(27(39)30-17(3)25(37)31-22(28(40)41)14-23(35)36)33-26(38)21(13-18-9-11-20(34)12-10-18)32-29(42)43-15-19-7-5-4-6-8-19/h4-12,16-17,21-22,24,34H,13-15H2,1-3H3,(H,30,39)(H,31,37)(H,32,42)(H,33,38)(H,35,36)(H,40,41)/t17-,21-,22-,24-/m0/s1. The van der Waals surface area contributed by atoms with Gasteiger partial charge in [-0.05, 0) is 36.1 Å². The molecule has 0 heterocycles. The molecule has 0 saturated heterocycles. The lowest BCUT2D eigenvalue weighted by molar-refractivity contribution is -0.147. The van der Waals surface area contributed by atoms with Crippen LogP contribution in [0.15, 0.2) is 54.6 Å². The zero-order chi connectivity index (χ0) is 32.1. The Morgan fingerprint density at radius 2 is 1.35 bits per heavy atom. The van der Waals surface area contributed by atoms with Gasteiger partial charge in [-0.15, -0.1) is 0 Å². The van der Waals surface area contributed by atoms with Crippen LogP contribution >= 0.6 is 0 Å². The Kier molecular flexibility index (Phi) is 12.9. The number of hydrogen-bond donors (Lipinski definition) is 7. The van der Waals surface area contributed by atoms with E-state index in [-0.39, 0.29) is 18.8 Å². The van der Waals surface area contributed by atoms with Gasteiger partial charge in [0.05, 0.1) is 6.42 Å². The SMILES string of the molecule is CC(C)[C@H](NC(=O)[C@H](Cc1ccc(O)cc1)NC(=O)OCc1ccccc1)C(=O)N[C@@H](C)C(=O)N[C@@H](CC(=O)O)C(=O)O. The number of carboxylic acid groups (broad SMARTS) is 2. The Morgan fingerprint density at radius 3 is 1.91 bits per heavy atom. The number of phenols is 1. The van der Waals surface area contributed by atoms with Crippen molar-refractivity contribution in [3.05, 3.63) is 65.7 Å². The molecule has 0 fully saturated rings. The lowest BCUT2D eigenvalue weighted by Crippen LogP contribution is -2.58. The molecule has 232 valence electrons. The summed E-state index contributed by atoms with van der Waals surface area (Å²) in [7, 11) is 0. The lowest BCUT2D eigenvalue weighted by Gasteiger charge is -2.26. The molecule has 0 spiro atoms. The number of ether oxygens (including phenoxy) is 1. The zero-order valence-electron chi connectivity index (χ0n) is 23.9. The molecule has 4 atom stereocenters. The lowest BCUT2D eigenvalue weighted by atomic mass is 10.0. The molecule has 2 aromatic carbocycles. The minimum absolute atomic E-state index is 0.00677. The summed E-state index contributed by atoms with van der Waals surface area (Å²) in [5.74, 6) is -5.93. The molecule has 2 aromatic rings. The molecule has 0 unspecified atom stereocenters. The maximum atomic E-state index is 13.4. The fourth-order valence-electron chi connectivity index (χ4n) is 3.81. The van der Waals surface area contributed by atoms with Crippen LogP contribution in [0, 0.1) is 5.92 Å². The summed E-state index contributed by atoms with van der Waals surface area (Å²) in [6.07, 6.45) is -1.76. The Hall–Kier alpha value is -5.14. The van der Waals surface area contributed by atoms with Gasteiger partial charge in [0.25, 0.3) is 0 Å². The predicted octanol–water partition coefficient (Wildman–Crippen LogP) is 0.919. The van der Waals surface area contributed by atoms with Gasteiger partial charge >= 0.3 is 18.0 Å². The average Bonchev–Trinajstić information content (AvgIpc) is 2.95. The van der Waals surface area contributed by atoms with Gasteiger partial charge in [0, 0.05) is 6.42 Å². The number of alkyl carbamates (subject to hydrolysis) is 1. The number of hydrogen-bond acceptors (Lipinski definition) is 8. The van der Waals surface area contributed by atoms with Gasteiger partial charge < -0.3 is 41.3 Å². The van der Waals surface area contributed by atoms with E-state index < -0.39 is 72.3 Å². The summed E-state index contributed by atoms with van der Waals surface area (Å²) in [6.45, 7) is 4.49. The van der Waals surface area contributed by atoms with Crippen molar-refractivity contribution in [2.45, 2.75) is 64.4 Å². The highest BCUT2D eigenvalue weighted by atomic mass is 16.5. The smallest absolute Gasteiger partial charge is 0.408 e. The molecule has 0 saturated carbocycles. The van der Waals surface area contributed by atoms with Crippen LogP contribution in [0.3, 0.4) is 0 Å². The fourth-order valence-corrected chi connectivity index (χ4v) is 3.81. The molecule has 0 radical (unpaired) electrons. The van der Waals surface area contributed by atoms with Crippen LogP contribution in [0.4, 0.5) is 4.79 Å². The van der Waals surface area contributed by atoms with Gasteiger partial charge in [0.1, 0.15) is 36.5 Å². The van der Waals surface area contributed by atoms with Crippen LogP contribution in [0.5, 0.6) is 5.75 Å². The molecule has 0 aliphatic carbocycles. The third kappa shape index (κ3) is 11.7. The molecule has 0 aliphatic heterocycles. The first-order valence-corrected chi connectivity index (χ1v) is 13.4. The highest BCUT2D eigenvalue weighted by Gasteiger charge is 2.32. The van der Waals surface area contributed by atoms with Crippen LogP contribution in [-0.2, 0) is 41.7 Å². The van der Waals surface area contributed by atoms with Crippen molar-refractivity contribution < 1.29 is 48.8 Å². The summed E-state index contributed by atoms with van der Waals surface area (Å²) in [4.78, 5) is 73.7. The van der Waals surface area contributed by atoms with E-state index in [9.17, 15) is 33.9 Å². The average molecular weight is 601 g/mol. The fraction of sp³-hybridized carbons (Fsp3) is 0.379. The highest BCUT2D eigenvalue weighted by Crippen LogP contribution is 2.13. The van der Waals surface area contributed by atoms with E-state index in [2.05, 4.69) is 21.3 Å². The largest absolute Gasteiger partial charge is 0.508 e. The van der Waals surface area contributed by atoms with Crippen LogP contribution < -0.4 is 21.3 Å². The molecule has 2 rings (SSSR count). The Balaban J connectivity index is 2.12. The van der Waals surface area contributed by atoms with Gasteiger partial charge in [0.15, 0.2) is 0 Å². The van der Waals surface area contributed by atoms with E-state index in [4.69, 9.17) is 14.9 Å². The van der Waals surface area contributed by atoms with Crippen molar-refractivity contribution in [1.82, 2.24) is 21.3 Å². The van der Waals surface area contributed by atoms with Crippen LogP contribution in [0.25, 0.3) is 0 Å². The van der Waals surface area contributed by atoms with Crippen LogP contribution in [0.2, 0.25) is 0 Å². The third-order valence-corrected chi connectivity index (χ3v) is 6.19. The molecule has 43 heavy (non-hydrogen) atoms. The molecular weight excluding hydrogens is 564 g/mol. The number of amides is 4. The van der Waals surface area contributed by atoms with E-state index in [0.717, 1.165) is 5.56 Å². The number of phenolic OH excluding ortho intramolecular Hbond substituents is 1. The van der Waals surface area contributed by atoms with Crippen molar-refractivity contribution >= 4 is 35.8 Å². The number of nitrogens with one attached hydrogen (secondary N) is 4. The van der Waals surface area contributed by atoms with E-state index >= 15 is 0 Å². The summed E-state index contributed by atoms with van der Waals surface area (Å²) < 4.78 is 5.24. The van der Waals surface area contributed by atoms with Crippen molar-refractivity contribution in [3.8, 4) is 5.75 Å². The predicted molar refractivity (Wildman–Crippen MR) is 152 cm³/mol. The molecule has 0 aliphatic rings. The van der Waals surface area contributed by atoms with Crippen LogP contribution in [-0.4, -0.2) is 75.2 Å². The molecule has 0 bridgehead atoms. The molecule has 4 amide bonds. The van der Waals surface area contributed by atoms with Gasteiger partial charge in [-0.3, -0.25) is 19.2 Å². The van der Waals surface area contributed by atoms with Gasteiger partial charge in [-0.1, -0.05) is 56.3 Å². The summed E-state index contributed by atoms with van der Waals surface area (Å²) in [5, 5.41) is 37.1. The van der Waals surface area contributed by atoms with E-state index in [1.54, 1.807) is 50.2 Å². The quantitative estimate of drug-likeness (QED) is 0.153. The Morgan fingerprint density at radius 1 is 0.721 bits per heavy atom. The third-order valence-electron chi connectivity index (χ3n) is 6.19. The summed E-state index contributed by atoms with van der Waals surface area (Å²) >= 11 is 0. The minimum atomic E-state index is -1.71. The second-order valence-electron chi connectivity index (χ2n) is 10.1. The van der Waals surface area contributed by atoms with Crippen molar-refractivity contribution in [3.63, 3.8) is 0 Å². The first-order chi connectivity index (χ1) is 20.3. The number of aromatic hydroxyl groups is 1. The summed E-state index contributed by atoms with van der Waals surface area (Å²) in [6, 6.07) is 9.48. The maximum absolute atomic E-state index is 13.4. The molecule has 14 heteroatoms. The Bertz CT molecular complexity index is 1280. The second-order valence-corrected chi connectivity index (χ2v) is 10.1. The second kappa shape index (κ2) is 16.3. The van der Waals surface area contributed by atoms with Crippen molar-refractivity contribution in [2.24, 2.45) is 5.92 Å². The molecule has 14 nitrogen and oxygen atoms in total. The highest BCUT2D eigenvalue weighted by molar-refractivity contribution is 5.95. The number of carboxylic acids is 2. The summed E-state index contributed by atoms with van der Waals surface area (Å²) in [5.41, 5.74) is 1.32. The topological polar surface area (TPSA) is 220 Å². The maximum Gasteiger partial charge on any atom is 0.408 e. The van der Waals surface area contributed by atoms with Crippen LogP contribution in [0.1, 0.15) is 38.3 Å². The number of rotatable bonds is 15. The first-order valence-electron chi connectivity index (χ1n) is 13.4.